The number of carbonyl (C=O) groups is 2. The molecule has 0 unspecified atom stereocenters. The molecule has 0 bridgehead atoms. The van der Waals surface area contributed by atoms with Crippen LogP contribution in [0.1, 0.15) is 20.7 Å². The van der Waals surface area contributed by atoms with Gasteiger partial charge in [-0.3, -0.25) is 9.59 Å². The van der Waals surface area contributed by atoms with Gasteiger partial charge in [-0.15, -0.1) is 0 Å². The van der Waals surface area contributed by atoms with Crippen molar-refractivity contribution in [2.75, 3.05) is 20.2 Å². The van der Waals surface area contributed by atoms with Gasteiger partial charge in [0, 0.05) is 29.8 Å². The average molecular weight is 410 g/mol. The van der Waals surface area contributed by atoms with E-state index in [1.54, 1.807) is 24.3 Å². The lowest BCUT2D eigenvalue weighted by atomic mass is 10.0. The van der Waals surface area contributed by atoms with Crippen LogP contribution in [0.15, 0.2) is 66.7 Å². The summed E-state index contributed by atoms with van der Waals surface area (Å²) in [5.41, 5.74) is 1.91. The second-order valence-corrected chi connectivity index (χ2v) is 6.44. The number of benzene rings is 3. The fraction of sp³-hybridized carbons (Fsp3) is 0.130. The van der Waals surface area contributed by atoms with E-state index < -0.39 is 11.6 Å². The van der Waals surface area contributed by atoms with E-state index in [9.17, 15) is 18.4 Å². The maximum atomic E-state index is 13.7. The lowest BCUT2D eigenvalue weighted by molar-refractivity contribution is 0.0927. The third-order valence-corrected chi connectivity index (χ3v) is 4.40. The molecule has 7 heteroatoms. The zero-order valence-corrected chi connectivity index (χ0v) is 16.2. The summed E-state index contributed by atoms with van der Waals surface area (Å²) in [6.07, 6.45) is 0. The molecule has 0 spiro atoms. The van der Waals surface area contributed by atoms with Gasteiger partial charge < -0.3 is 15.4 Å². The van der Waals surface area contributed by atoms with Crippen LogP contribution in [0.5, 0.6) is 5.75 Å². The molecule has 0 aliphatic carbocycles. The SMILES string of the molecule is COc1ccc(F)cc1-c1cccc(C(=O)NCCNC(=O)c2ccc(F)cc2)c1. The molecule has 5 nitrogen and oxygen atoms in total. The third kappa shape index (κ3) is 5.20. The number of amides is 2. The fourth-order valence-electron chi connectivity index (χ4n) is 2.89. The van der Waals surface area contributed by atoms with Crippen molar-refractivity contribution in [3.63, 3.8) is 0 Å². The zero-order chi connectivity index (χ0) is 21.5. The van der Waals surface area contributed by atoms with E-state index in [1.165, 1.54) is 49.6 Å². The van der Waals surface area contributed by atoms with Crippen LogP contribution in [-0.2, 0) is 0 Å². The number of halogens is 2. The maximum absolute atomic E-state index is 13.7. The monoisotopic (exact) mass is 410 g/mol. The van der Waals surface area contributed by atoms with Crippen molar-refractivity contribution in [3.8, 4) is 16.9 Å². The molecule has 0 heterocycles. The highest BCUT2D eigenvalue weighted by Gasteiger charge is 2.11. The highest BCUT2D eigenvalue weighted by Crippen LogP contribution is 2.31. The molecule has 0 saturated heterocycles. The zero-order valence-electron chi connectivity index (χ0n) is 16.2. The number of methoxy groups -OCH3 is 1. The highest BCUT2D eigenvalue weighted by molar-refractivity contribution is 5.96. The Labute approximate surface area is 172 Å². The highest BCUT2D eigenvalue weighted by atomic mass is 19.1. The molecule has 0 aromatic heterocycles. The number of hydrogen-bond donors (Lipinski definition) is 2. The van der Waals surface area contributed by atoms with Gasteiger partial charge in [0.15, 0.2) is 0 Å². The summed E-state index contributed by atoms with van der Waals surface area (Å²) in [6.45, 7) is 0.415. The molecule has 3 aromatic rings. The Kier molecular flexibility index (Phi) is 6.75. The standard InChI is InChI=1S/C23H20F2N2O3/c1-30-21-10-9-19(25)14-20(21)16-3-2-4-17(13-16)23(29)27-12-11-26-22(28)15-5-7-18(24)8-6-15/h2-10,13-14H,11-12H2,1H3,(H,26,28)(H,27,29). The molecule has 3 aromatic carbocycles. The van der Waals surface area contributed by atoms with Crippen molar-refractivity contribution in [2.24, 2.45) is 0 Å². The second-order valence-electron chi connectivity index (χ2n) is 6.44. The Hall–Kier alpha value is -3.74. The van der Waals surface area contributed by atoms with Crippen LogP contribution in [0, 0.1) is 11.6 Å². The molecular weight excluding hydrogens is 390 g/mol. The number of nitrogens with one attached hydrogen (secondary N) is 2. The molecule has 0 atom stereocenters. The molecule has 3 rings (SSSR count). The first-order valence-electron chi connectivity index (χ1n) is 9.24. The van der Waals surface area contributed by atoms with Crippen LogP contribution >= 0.6 is 0 Å². The van der Waals surface area contributed by atoms with Crippen molar-refractivity contribution in [1.82, 2.24) is 10.6 Å². The summed E-state index contributed by atoms with van der Waals surface area (Å²) in [4.78, 5) is 24.4. The van der Waals surface area contributed by atoms with Gasteiger partial charge in [0.05, 0.1) is 7.11 Å². The van der Waals surface area contributed by atoms with Crippen molar-refractivity contribution < 1.29 is 23.1 Å². The molecule has 0 fully saturated rings. The molecule has 0 radical (unpaired) electrons. The molecule has 2 N–H and O–H groups in total. The number of carbonyl (C=O) groups excluding carboxylic acids is 2. The molecule has 2 amide bonds. The van der Waals surface area contributed by atoms with E-state index in [1.807, 2.05) is 0 Å². The van der Waals surface area contributed by atoms with Crippen molar-refractivity contribution in [2.45, 2.75) is 0 Å². The Bertz CT molecular complexity index is 1050. The molecule has 0 aliphatic rings. The summed E-state index contributed by atoms with van der Waals surface area (Å²) in [7, 11) is 1.49. The van der Waals surface area contributed by atoms with Gasteiger partial charge in [0.2, 0.25) is 0 Å². The first-order chi connectivity index (χ1) is 14.5. The average Bonchev–Trinajstić information content (AvgIpc) is 2.77. The fourth-order valence-corrected chi connectivity index (χ4v) is 2.89. The van der Waals surface area contributed by atoms with E-state index in [4.69, 9.17) is 4.74 Å². The van der Waals surface area contributed by atoms with Gasteiger partial charge >= 0.3 is 0 Å². The minimum absolute atomic E-state index is 0.208. The van der Waals surface area contributed by atoms with Crippen LogP contribution < -0.4 is 15.4 Å². The van der Waals surface area contributed by atoms with Crippen molar-refractivity contribution in [3.05, 3.63) is 89.5 Å². The Morgan fingerprint density at radius 1 is 0.800 bits per heavy atom. The lowest BCUT2D eigenvalue weighted by Gasteiger charge is -2.11. The van der Waals surface area contributed by atoms with E-state index in [-0.39, 0.29) is 24.9 Å². The van der Waals surface area contributed by atoms with Crippen molar-refractivity contribution in [1.29, 1.82) is 0 Å². The Balaban J connectivity index is 1.59. The summed E-state index contributed by atoms with van der Waals surface area (Å²) in [5, 5.41) is 5.36. The summed E-state index contributed by atoms with van der Waals surface area (Å²) >= 11 is 0. The van der Waals surface area contributed by atoms with Crippen LogP contribution in [0.2, 0.25) is 0 Å². The van der Waals surface area contributed by atoms with Crippen LogP contribution in [0.25, 0.3) is 11.1 Å². The van der Waals surface area contributed by atoms with Gasteiger partial charge in [-0.05, 0) is 60.2 Å². The Morgan fingerprint density at radius 2 is 1.43 bits per heavy atom. The number of hydrogen-bond acceptors (Lipinski definition) is 3. The van der Waals surface area contributed by atoms with Gasteiger partial charge in [0.1, 0.15) is 17.4 Å². The first-order valence-corrected chi connectivity index (χ1v) is 9.24. The topological polar surface area (TPSA) is 67.4 Å². The lowest BCUT2D eigenvalue weighted by Crippen LogP contribution is -2.34. The molecular formula is C23H20F2N2O3. The van der Waals surface area contributed by atoms with Crippen LogP contribution in [0.4, 0.5) is 8.78 Å². The largest absolute Gasteiger partial charge is 0.496 e. The van der Waals surface area contributed by atoms with Gasteiger partial charge in [-0.2, -0.15) is 0 Å². The Morgan fingerprint density at radius 3 is 2.10 bits per heavy atom. The van der Waals surface area contributed by atoms with Gasteiger partial charge in [-0.25, -0.2) is 8.78 Å². The maximum Gasteiger partial charge on any atom is 0.251 e. The van der Waals surface area contributed by atoms with E-state index in [0.29, 0.717) is 28.0 Å². The van der Waals surface area contributed by atoms with E-state index in [2.05, 4.69) is 10.6 Å². The predicted molar refractivity (Wildman–Crippen MR) is 109 cm³/mol. The minimum Gasteiger partial charge on any atom is -0.496 e. The van der Waals surface area contributed by atoms with Gasteiger partial charge in [0.25, 0.3) is 11.8 Å². The van der Waals surface area contributed by atoms with E-state index >= 15 is 0 Å². The summed E-state index contributed by atoms with van der Waals surface area (Å²) in [6, 6.07) is 16.1. The van der Waals surface area contributed by atoms with Crippen molar-refractivity contribution >= 4 is 11.8 Å². The summed E-state index contributed by atoms with van der Waals surface area (Å²) in [5.74, 6) is -1.01. The molecule has 0 aliphatic heterocycles. The number of rotatable bonds is 7. The normalized spacial score (nSPS) is 10.4. The molecule has 154 valence electrons. The minimum atomic E-state index is -0.420. The molecule has 30 heavy (non-hydrogen) atoms. The number of ether oxygens (including phenoxy) is 1. The first kappa shape index (κ1) is 21.0. The quantitative estimate of drug-likeness (QED) is 0.583. The second kappa shape index (κ2) is 9.65. The summed E-state index contributed by atoms with van der Waals surface area (Å²) < 4.78 is 31.8. The smallest absolute Gasteiger partial charge is 0.251 e. The van der Waals surface area contributed by atoms with Crippen LogP contribution in [-0.4, -0.2) is 32.0 Å². The predicted octanol–water partition coefficient (Wildman–Crippen LogP) is 3.80. The van der Waals surface area contributed by atoms with Crippen LogP contribution in [0.3, 0.4) is 0 Å². The van der Waals surface area contributed by atoms with E-state index in [0.717, 1.165) is 0 Å². The third-order valence-electron chi connectivity index (χ3n) is 4.40. The van der Waals surface area contributed by atoms with Gasteiger partial charge in [-0.1, -0.05) is 12.1 Å². The molecule has 0 saturated carbocycles.